The van der Waals surface area contributed by atoms with Gasteiger partial charge in [0, 0.05) is 13.1 Å². The predicted octanol–water partition coefficient (Wildman–Crippen LogP) is 2.42. The van der Waals surface area contributed by atoms with Crippen molar-refractivity contribution in [2.45, 2.75) is 12.5 Å². The van der Waals surface area contributed by atoms with Gasteiger partial charge in [-0.1, -0.05) is 12.1 Å². The highest BCUT2D eigenvalue weighted by Gasteiger charge is 2.19. The molecule has 2 rings (SSSR count). The van der Waals surface area contributed by atoms with Crippen LogP contribution in [0.3, 0.4) is 0 Å². The van der Waals surface area contributed by atoms with Crippen LogP contribution in [0.1, 0.15) is 23.7 Å². The lowest BCUT2D eigenvalue weighted by Gasteiger charge is -2.24. The standard InChI is InChI=1S/C11H12F3NO/c12-9-5-7(1-2-8(9)11(13)14)10-6-15-3-4-16-10/h1-2,5,10-11,15H,3-4,6H2. The second kappa shape index (κ2) is 4.84. The number of benzene rings is 1. The zero-order chi connectivity index (χ0) is 11.5. The summed E-state index contributed by atoms with van der Waals surface area (Å²) < 4.78 is 43.3. The van der Waals surface area contributed by atoms with Gasteiger partial charge in [0.05, 0.1) is 18.3 Å². The van der Waals surface area contributed by atoms with Crippen LogP contribution in [0.15, 0.2) is 18.2 Å². The maximum absolute atomic E-state index is 13.3. The Balaban J connectivity index is 2.19. The molecule has 1 aromatic carbocycles. The summed E-state index contributed by atoms with van der Waals surface area (Å²) in [7, 11) is 0. The first-order valence-corrected chi connectivity index (χ1v) is 5.08. The molecule has 1 fully saturated rings. The van der Waals surface area contributed by atoms with Crippen LogP contribution in [0, 0.1) is 5.82 Å². The number of nitrogens with one attached hydrogen (secondary N) is 1. The number of alkyl halides is 2. The monoisotopic (exact) mass is 231 g/mol. The molecule has 88 valence electrons. The van der Waals surface area contributed by atoms with Gasteiger partial charge in [0.15, 0.2) is 0 Å². The lowest BCUT2D eigenvalue weighted by atomic mass is 10.1. The molecule has 5 heteroatoms. The van der Waals surface area contributed by atoms with Gasteiger partial charge in [-0.05, 0) is 11.6 Å². The minimum Gasteiger partial charge on any atom is -0.371 e. The summed E-state index contributed by atoms with van der Waals surface area (Å²) in [5, 5.41) is 3.09. The molecule has 0 radical (unpaired) electrons. The molecule has 1 aliphatic heterocycles. The van der Waals surface area contributed by atoms with E-state index < -0.39 is 17.8 Å². The second-order valence-electron chi connectivity index (χ2n) is 3.65. The van der Waals surface area contributed by atoms with Gasteiger partial charge >= 0.3 is 0 Å². The highest BCUT2D eigenvalue weighted by atomic mass is 19.3. The van der Waals surface area contributed by atoms with E-state index in [9.17, 15) is 13.2 Å². The Morgan fingerprint density at radius 3 is 2.75 bits per heavy atom. The predicted molar refractivity (Wildman–Crippen MR) is 52.9 cm³/mol. The van der Waals surface area contributed by atoms with Gasteiger partial charge in [-0.25, -0.2) is 13.2 Å². The maximum atomic E-state index is 13.3. The van der Waals surface area contributed by atoms with Crippen LogP contribution in [-0.2, 0) is 4.74 Å². The summed E-state index contributed by atoms with van der Waals surface area (Å²) in [5.74, 6) is -0.873. The Morgan fingerprint density at radius 2 is 2.19 bits per heavy atom. The van der Waals surface area contributed by atoms with Gasteiger partial charge in [0.2, 0.25) is 0 Å². The van der Waals surface area contributed by atoms with Crippen molar-refractivity contribution in [1.29, 1.82) is 0 Å². The lowest BCUT2D eigenvalue weighted by molar-refractivity contribution is 0.0274. The molecule has 1 unspecified atom stereocenters. The summed E-state index contributed by atoms with van der Waals surface area (Å²) in [6.07, 6.45) is -3.03. The van der Waals surface area contributed by atoms with Crippen molar-refractivity contribution in [2.75, 3.05) is 19.7 Å². The van der Waals surface area contributed by atoms with Gasteiger partial charge in [0.1, 0.15) is 5.82 Å². The largest absolute Gasteiger partial charge is 0.371 e. The van der Waals surface area contributed by atoms with Gasteiger partial charge in [-0.3, -0.25) is 0 Å². The van der Waals surface area contributed by atoms with Crippen molar-refractivity contribution in [3.05, 3.63) is 35.1 Å². The van der Waals surface area contributed by atoms with Crippen molar-refractivity contribution in [3.8, 4) is 0 Å². The summed E-state index contributed by atoms with van der Waals surface area (Å²) in [6, 6.07) is 3.73. The lowest BCUT2D eigenvalue weighted by Crippen LogP contribution is -2.33. The molecule has 0 aromatic heterocycles. The van der Waals surface area contributed by atoms with Gasteiger partial charge in [-0.15, -0.1) is 0 Å². The fraction of sp³-hybridized carbons (Fsp3) is 0.455. The third-order valence-corrected chi connectivity index (χ3v) is 2.56. The van der Waals surface area contributed by atoms with E-state index in [0.29, 0.717) is 18.7 Å². The normalized spacial score (nSPS) is 21.4. The van der Waals surface area contributed by atoms with E-state index in [1.54, 1.807) is 0 Å². The maximum Gasteiger partial charge on any atom is 0.266 e. The molecule has 0 bridgehead atoms. The van der Waals surface area contributed by atoms with Crippen molar-refractivity contribution < 1.29 is 17.9 Å². The zero-order valence-corrected chi connectivity index (χ0v) is 8.55. The molecule has 0 spiro atoms. The fourth-order valence-electron chi connectivity index (χ4n) is 1.70. The molecule has 1 aliphatic rings. The van der Waals surface area contributed by atoms with Crippen LogP contribution in [0.4, 0.5) is 13.2 Å². The van der Waals surface area contributed by atoms with E-state index in [1.165, 1.54) is 6.07 Å². The summed E-state index contributed by atoms with van der Waals surface area (Å²) >= 11 is 0. The fourth-order valence-corrected chi connectivity index (χ4v) is 1.70. The second-order valence-corrected chi connectivity index (χ2v) is 3.65. The highest BCUT2D eigenvalue weighted by molar-refractivity contribution is 5.27. The molecule has 1 atom stereocenters. The summed E-state index contributed by atoms with van der Waals surface area (Å²) in [6.45, 7) is 1.88. The zero-order valence-electron chi connectivity index (χ0n) is 8.55. The van der Waals surface area contributed by atoms with Gasteiger partial charge in [0.25, 0.3) is 6.43 Å². The molecule has 0 amide bonds. The van der Waals surface area contributed by atoms with Crippen molar-refractivity contribution >= 4 is 0 Å². The van der Waals surface area contributed by atoms with E-state index in [-0.39, 0.29) is 6.10 Å². The number of halogens is 3. The Labute approximate surface area is 91.4 Å². The Kier molecular flexibility index (Phi) is 3.46. The minimum atomic E-state index is -2.78. The molecular weight excluding hydrogens is 219 g/mol. The minimum absolute atomic E-state index is 0.255. The number of hydrogen-bond acceptors (Lipinski definition) is 2. The number of rotatable bonds is 2. The molecule has 0 aliphatic carbocycles. The first-order chi connectivity index (χ1) is 7.68. The molecule has 0 saturated carbocycles. The van der Waals surface area contributed by atoms with Crippen LogP contribution in [-0.4, -0.2) is 19.7 Å². The SMILES string of the molecule is Fc1cc(C2CNCCO2)ccc1C(F)F. The summed E-state index contributed by atoms with van der Waals surface area (Å²) in [5.41, 5.74) is 0.0293. The number of ether oxygens (including phenoxy) is 1. The molecule has 1 aromatic rings. The Morgan fingerprint density at radius 1 is 1.38 bits per heavy atom. The summed E-state index contributed by atoms with van der Waals surface area (Å²) in [4.78, 5) is 0. The Bertz CT molecular complexity index is 364. The smallest absolute Gasteiger partial charge is 0.266 e. The van der Waals surface area contributed by atoms with Crippen LogP contribution in [0.25, 0.3) is 0 Å². The van der Waals surface area contributed by atoms with E-state index >= 15 is 0 Å². The van der Waals surface area contributed by atoms with Gasteiger partial charge < -0.3 is 10.1 Å². The average Bonchev–Trinajstić information content (AvgIpc) is 2.29. The highest BCUT2D eigenvalue weighted by Crippen LogP contribution is 2.26. The van der Waals surface area contributed by atoms with E-state index in [2.05, 4.69) is 5.32 Å². The molecule has 16 heavy (non-hydrogen) atoms. The molecule has 1 N–H and O–H groups in total. The number of hydrogen-bond donors (Lipinski definition) is 1. The van der Waals surface area contributed by atoms with Crippen LogP contribution in [0.5, 0.6) is 0 Å². The van der Waals surface area contributed by atoms with Gasteiger partial charge in [-0.2, -0.15) is 0 Å². The Hall–Kier alpha value is -1.07. The van der Waals surface area contributed by atoms with Crippen LogP contribution in [0.2, 0.25) is 0 Å². The first kappa shape index (κ1) is 11.4. The van der Waals surface area contributed by atoms with E-state index in [4.69, 9.17) is 4.74 Å². The van der Waals surface area contributed by atoms with Crippen LogP contribution >= 0.6 is 0 Å². The first-order valence-electron chi connectivity index (χ1n) is 5.08. The van der Waals surface area contributed by atoms with E-state index in [0.717, 1.165) is 18.7 Å². The van der Waals surface area contributed by atoms with Crippen molar-refractivity contribution in [3.63, 3.8) is 0 Å². The van der Waals surface area contributed by atoms with Crippen molar-refractivity contribution in [2.24, 2.45) is 0 Å². The van der Waals surface area contributed by atoms with E-state index in [1.807, 2.05) is 0 Å². The van der Waals surface area contributed by atoms with Crippen molar-refractivity contribution in [1.82, 2.24) is 5.32 Å². The molecule has 1 heterocycles. The third kappa shape index (κ3) is 2.36. The molecule has 1 saturated heterocycles. The third-order valence-electron chi connectivity index (χ3n) is 2.56. The molecular formula is C11H12F3NO. The number of morpholine rings is 1. The average molecular weight is 231 g/mol. The van der Waals surface area contributed by atoms with Crippen LogP contribution < -0.4 is 5.32 Å². The molecule has 2 nitrogen and oxygen atoms in total. The topological polar surface area (TPSA) is 21.3 Å². The quantitative estimate of drug-likeness (QED) is 0.844.